The Labute approximate surface area is 174 Å². The molecule has 1 aliphatic heterocycles. The molecule has 0 spiro atoms. The van der Waals surface area contributed by atoms with Gasteiger partial charge in [-0.25, -0.2) is 0 Å². The van der Waals surface area contributed by atoms with Gasteiger partial charge in [0.2, 0.25) is 7.37 Å². The van der Waals surface area contributed by atoms with Crippen LogP contribution in [0, 0.1) is 0 Å². The van der Waals surface area contributed by atoms with Gasteiger partial charge in [0.25, 0.3) is 0 Å². The van der Waals surface area contributed by atoms with Crippen LogP contribution in [-0.2, 0) is 9.09 Å². The zero-order valence-corrected chi connectivity index (χ0v) is 20.7. The lowest BCUT2D eigenvalue weighted by Crippen LogP contribution is -2.44. The Bertz CT molecular complexity index is 600. The van der Waals surface area contributed by atoms with Gasteiger partial charge in [0.15, 0.2) is 5.85 Å². The summed E-state index contributed by atoms with van der Waals surface area (Å²) in [6, 6.07) is 5.78. The molecule has 1 fully saturated rings. The fraction of sp³-hybridized carbons (Fsp3) is 0.826. The largest absolute Gasteiger partial charge is 0.474 e. The van der Waals surface area contributed by atoms with E-state index in [0.29, 0.717) is 0 Å². The third-order valence-electron chi connectivity index (χ3n) is 6.87. The topological polar surface area (TPSA) is 42.7 Å². The van der Waals surface area contributed by atoms with Crippen molar-refractivity contribution in [3.8, 4) is 0 Å². The Morgan fingerprint density at radius 1 is 0.857 bits per heavy atom. The van der Waals surface area contributed by atoms with E-state index in [-0.39, 0.29) is 5.85 Å². The molecule has 0 aromatic carbocycles. The second-order valence-electron chi connectivity index (χ2n) is 8.67. The monoisotopic (exact) mass is 426 g/mol. The number of hydrogen-bond acceptors (Lipinski definition) is 3. The van der Waals surface area contributed by atoms with Crippen molar-refractivity contribution in [1.29, 1.82) is 0 Å². The summed E-state index contributed by atoms with van der Waals surface area (Å²) in [5.41, 5.74) is 1.03. The fourth-order valence-corrected chi connectivity index (χ4v) is 10.1. The maximum Gasteiger partial charge on any atom is 0.237 e. The Balaban J connectivity index is 1.67. The van der Waals surface area contributed by atoms with Gasteiger partial charge in [-0.05, 0) is 12.5 Å². The smallest absolute Gasteiger partial charge is 0.237 e. The van der Waals surface area contributed by atoms with Crippen LogP contribution in [0.5, 0.6) is 0 Å². The molecule has 162 valence electrons. The van der Waals surface area contributed by atoms with Gasteiger partial charge in [0, 0.05) is 11.7 Å². The first kappa shape index (κ1) is 24.0. The van der Waals surface area contributed by atoms with Crippen molar-refractivity contribution in [2.45, 2.75) is 116 Å². The molecule has 5 heteroatoms. The van der Waals surface area contributed by atoms with E-state index in [9.17, 15) is 4.57 Å². The lowest BCUT2D eigenvalue weighted by atomic mass is 10.1. The minimum Gasteiger partial charge on any atom is -0.474 e. The maximum atomic E-state index is 12.9. The van der Waals surface area contributed by atoms with Gasteiger partial charge in [0.1, 0.15) is 8.07 Å². The number of furan rings is 1. The molecule has 28 heavy (non-hydrogen) atoms. The van der Waals surface area contributed by atoms with E-state index >= 15 is 0 Å². The molecule has 2 heterocycles. The van der Waals surface area contributed by atoms with Crippen molar-refractivity contribution in [3.05, 3.63) is 17.9 Å². The number of hydrogen-bond donors (Lipinski definition) is 0. The third-order valence-corrected chi connectivity index (χ3v) is 14.7. The average Bonchev–Trinajstić information content (AvgIpc) is 3.14. The predicted octanol–water partition coefficient (Wildman–Crippen LogP) is 8.22. The highest BCUT2D eigenvalue weighted by Gasteiger charge is 2.53. The van der Waals surface area contributed by atoms with Gasteiger partial charge in [0.05, 0.1) is 11.6 Å². The van der Waals surface area contributed by atoms with E-state index in [1.54, 1.807) is 0 Å². The molecule has 2 unspecified atom stereocenters. The van der Waals surface area contributed by atoms with Crippen LogP contribution in [0.4, 0.5) is 0 Å². The second-order valence-corrected chi connectivity index (χ2v) is 16.4. The molecule has 3 nitrogen and oxygen atoms in total. The van der Waals surface area contributed by atoms with Crippen LogP contribution in [0.15, 0.2) is 16.7 Å². The summed E-state index contributed by atoms with van der Waals surface area (Å²) in [7, 11) is -3.93. The summed E-state index contributed by atoms with van der Waals surface area (Å²) in [6.45, 7) is 9.11. The normalized spacial score (nSPS) is 21.9. The van der Waals surface area contributed by atoms with Gasteiger partial charge in [-0.15, -0.1) is 0 Å². The molecule has 1 aromatic rings. The third kappa shape index (κ3) is 6.34. The summed E-state index contributed by atoms with van der Waals surface area (Å²) in [5, 5.41) is 1.18. The molecule has 1 aliphatic rings. The average molecular weight is 427 g/mol. The molecular weight excluding hydrogens is 383 g/mol. The molecule has 0 radical (unpaired) electrons. The van der Waals surface area contributed by atoms with Crippen LogP contribution < -0.4 is 5.38 Å². The van der Waals surface area contributed by atoms with Crippen molar-refractivity contribution < 1.29 is 13.5 Å². The minimum absolute atomic E-state index is 0.180. The molecule has 2 atom stereocenters. The van der Waals surface area contributed by atoms with Crippen LogP contribution in [0.2, 0.25) is 18.1 Å². The van der Waals surface area contributed by atoms with E-state index in [0.717, 1.165) is 18.1 Å². The fourth-order valence-electron chi connectivity index (χ4n) is 4.45. The first-order chi connectivity index (χ1) is 13.5. The van der Waals surface area contributed by atoms with Crippen molar-refractivity contribution in [2.75, 3.05) is 6.16 Å². The van der Waals surface area contributed by atoms with E-state index < -0.39 is 15.4 Å². The molecule has 1 saturated heterocycles. The van der Waals surface area contributed by atoms with Gasteiger partial charge in [-0.3, -0.25) is 4.57 Å². The van der Waals surface area contributed by atoms with Crippen molar-refractivity contribution >= 4 is 20.8 Å². The summed E-state index contributed by atoms with van der Waals surface area (Å²) < 4.78 is 24.6. The minimum atomic E-state index is -2.43. The molecular formula is C23H43O3PSi. The zero-order chi connectivity index (χ0) is 20.5. The van der Waals surface area contributed by atoms with Crippen LogP contribution >= 0.6 is 7.37 Å². The van der Waals surface area contributed by atoms with Crippen molar-refractivity contribution in [2.24, 2.45) is 0 Å². The highest BCUT2D eigenvalue weighted by molar-refractivity contribution is 7.64. The highest BCUT2D eigenvalue weighted by Crippen LogP contribution is 2.78. The van der Waals surface area contributed by atoms with Crippen molar-refractivity contribution in [3.63, 3.8) is 0 Å². The summed E-state index contributed by atoms with van der Waals surface area (Å²) in [5.74, 6) is -0.180. The summed E-state index contributed by atoms with van der Waals surface area (Å²) in [4.78, 5) is 0. The van der Waals surface area contributed by atoms with Gasteiger partial charge < -0.3 is 8.94 Å². The van der Waals surface area contributed by atoms with E-state index in [1.807, 2.05) is 6.26 Å². The molecule has 2 rings (SSSR count). The van der Waals surface area contributed by atoms with Crippen LogP contribution in [0.25, 0.3) is 0 Å². The Morgan fingerprint density at radius 2 is 1.39 bits per heavy atom. The Kier molecular flexibility index (Phi) is 10.1. The molecule has 0 aliphatic carbocycles. The highest BCUT2D eigenvalue weighted by atomic mass is 31.2. The quantitative estimate of drug-likeness (QED) is 0.116. The maximum absolute atomic E-state index is 12.9. The number of unbranched alkanes of at least 4 members (excludes halogenated alkanes) is 9. The van der Waals surface area contributed by atoms with Gasteiger partial charge in [-0.2, -0.15) is 0 Å². The van der Waals surface area contributed by atoms with E-state index in [1.165, 1.54) is 81.3 Å². The van der Waals surface area contributed by atoms with Crippen LogP contribution in [0.1, 0.15) is 103 Å². The van der Waals surface area contributed by atoms with Crippen molar-refractivity contribution in [1.82, 2.24) is 0 Å². The molecule has 0 bridgehead atoms. The summed E-state index contributed by atoms with van der Waals surface area (Å²) >= 11 is 0. The summed E-state index contributed by atoms with van der Waals surface area (Å²) in [6.07, 6.45) is 15.6. The second kappa shape index (κ2) is 11.8. The standard InChI is InChI=1S/C23H43O3PSi/c1-5-9-10-11-12-13-14-15-16-17-18-27(24)23(26-27)21-19-22(25-20-21)28(6-2,7-3)8-4/h19-20,23H,5-18H2,1-4H3. The number of rotatable bonds is 16. The zero-order valence-electron chi connectivity index (χ0n) is 18.8. The first-order valence-electron chi connectivity index (χ1n) is 11.9. The van der Waals surface area contributed by atoms with Gasteiger partial charge >= 0.3 is 0 Å². The molecule has 0 amide bonds. The van der Waals surface area contributed by atoms with Crippen LogP contribution in [0.3, 0.4) is 0 Å². The van der Waals surface area contributed by atoms with Crippen LogP contribution in [-0.4, -0.2) is 14.2 Å². The van der Waals surface area contributed by atoms with E-state index in [4.69, 9.17) is 8.94 Å². The molecule has 1 aromatic heterocycles. The predicted molar refractivity (Wildman–Crippen MR) is 124 cm³/mol. The SMILES string of the molecule is CCCCCCCCCCCCP1(=O)OC1c1coc([Si](CC)(CC)CC)c1. The molecule has 0 saturated carbocycles. The lowest BCUT2D eigenvalue weighted by molar-refractivity contribution is 0.449. The Morgan fingerprint density at radius 3 is 1.93 bits per heavy atom. The lowest BCUT2D eigenvalue weighted by Gasteiger charge is -2.24. The first-order valence-corrected chi connectivity index (χ1v) is 16.4. The molecule has 0 N–H and O–H groups in total. The van der Waals surface area contributed by atoms with Gasteiger partial charge in [-0.1, -0.05) is 104 Å². The Hall–Kier alpha value is -0.313. The van der Waals surface area contributed by atoms with E-state index in [2.05, 4.69) is 33.8 Å².